The number of imidazole rings is 1. The van der Waals surface area contributed by atoms with Crippen molar-refractivity contribution in [1.82, 2.24) is 15.3 Å². The first kappa shape index (κ1) is 23.4. The van der Waals surface area contributed by atoms with Crippen LogP contribution in [-0.4, -0.2) is 29.5 Å². The summed E-state index contributed by atoms with van der Waals surface area (Å²) in [6, 6.07) is 5.96. The van der Waals surface area contributed by atoms with E-state index in [2.05, 4.69) is 51.0 Å². The molecule has 0 bridgehead atoms. The molecule has 0 saturated carbocycles. The van der Waals surface area contributed by atoms with Gasteiger partial charge in [0.05, 0.1) is 18.1 Å². The predicted octanol–water partition coefficient (Wildman–Crippen LogP) is 5.52. The number of aromatic amines is 1. The lowest BCUT2D eigenvalue weighted by atomic mass is 9.69. The van der Waals surface area contributed by atoms with Crippen molar-refractivity contribution >= 4 is 16.9 Å². The van der Waals surface area contributed by atoms with Crippen molar-refractivity contribution < 1.29 is 9.53 Å². The molecule has 170 valence electrons. The molecule has 5 nitrogen and oxygen atoms in total. The molecule has 1 heterocycles. The summed E-state index contributed by atoms with van der Waals surface area (Å²) >= 11 is 0. The molecule has 5 heteroatoms. The van der Waals surface area contributed by atoms with Gasteiger partial charge >= 0.3 is 0 Å². The number of methoxy groups -OCH3 is 1. The molecule has 0 aliphatic heterocycles. The lowest BCUT2D eigenvalue weighted by Crippen LogP contribution is -2.39. The monoisotopic (exact) mass is 425 g/mol. The molecule has 0 fully saturated rings. The summed E-state index contributed by atoms with van der Waals surface area (Å²) in [6.45, 7) is 11.8. The van der Waals surface area contributed by atoms with Gasteiger partial charge in [0, 0.05) is 24.9 Å². The first-order valence-electron chi connectivity index (χ1n) is 11.8. The van der Waals surface area contributed by atoms with E-state index in [1.807, 2.05) is 18.2 Å². The van der Waals surface area contributed by atoms with Gasteiger partial charge in [-0.2, -0.15) is 0 Å². The van der Waals surface area contributed by atoms with Crippen LogP contribution in [0.15, 0.2) is 29.8 Å². The molecule has 1 aliphatic carbocycles. The molecular formula is C26H39N3O2. The van der Waals surface area contributed by atoms with E-state index in [1.165, 1.54) is 5.57 Å². The number of benzene rings is 1. The van der Waals surface area contributed by atoms with Gasteiger partial charge in [0.1, 0.15) is 11.6 Å². The number of allylic oxidation sites excluding steroid dienone is 1. The Balaban J connectivity index is 1.72. The Morgan fingerprint density at radius 2 is 2.03 bits per heavy atom. The number of nitrogens with one attached hydrogen (secondary N) is 2. The number of carbonyl (C=O) groups excluding carboxylic acids is 1. The number of hydrogen-bond donors (Lipinski definition) is 2. The van der Waals surface area contributed by atoms with E-state index >= 15 is 0 Å². The number of amides is 1. The SMILES string of the molecule is CCC(CC)C(=O)NCC1C=C(C)C(Cc2nc3ccc(OC)cc3[nH]2)CC1C(C)C. The van der Waals surface area contributed by atoms with Crippen molar-refractivity contribution in [2.45, 2.75) is 60.3 Å². The molecule has 1 aliphatic rings. The summed E-state index contributed by atoms with van der Waals surface area (Å²) in [7, 11) is 1.68. The third-order valence-electron chi connectivity index (χ3n) is 7.13. The molecule has 3 atom stereocenters. The molecule has 1 aromatic carbocycles. The van der Waals surface area contributed by atoms with Crippen molar-refractivity contribution in [3.05, 3.63) is 35.7 Å². The van der Waals surface area contributed by atoms with Gasteiger partial charge in [-0.05, 0) is 62.0 Å². The minimum Gasteiger partial charge on any atom is -0.497 e. The summed E-state index contributed by atoms with van der Waals surface area (Å²) in [4.78, 5) is 20.8. The third kappa shape index (κ3) is 5.50. The van der Waals surface area contributed by atoms with Crippen molar-refractivity contribution in [3.8, 4) is 5.75 Å². The fourth-order valence-corrected chi connectivity index (χ4v) is 5.03. The first-order chi connectivity index (χ1) is 14.9. The average Bonchev–Trinajstić information content (AvgIpc) is 3.15. The largest absolute Gasteiger partial charge is 0.497 e. The number of aromatic nitrogens is 2. The van der Waals surface area contributed by atoms with Crippen LogP contribution in [0.2, 0.25) is 0 Å². The van der Waals surface area contributed by atoms with Gasteiger partial charge in [-0.3, -0.25) is 4.79 Å². The van der Waals surface area contributed by atoms with Gasteiger partial charge < -0.3 is 15.0 Å². The Kier molecular flexibility index (Phi) is 7.79. The Morgan fingerprint density at radius 3 is 2.68 bits per heavy atom. The van der Waals surface area contributed by atoms with Gasteiger partial charge in [-0.25, -0.2) is 4.98 Å². The normalized spacial score (nSPS) is 21.5. The predicted molar refractivity (Wildman–Crippen MR) is 127 cm³/mol. The van der Waals surface area contributed by atoms with Gasteiger partial charge in [-0.1, -0.05) is 39.3 Å². The average molecular weight is 426 g/mol. The van der Waals surface area contributed by atoms with Crippen LogP contribution in [0.4, 0.5) is 0 Å². The summed E-state index contributed by atoms with van der Waals surface area (Å²) in [5.41, 5.74) is 3.42. The van der Waals surface area contributed by atoms with Crippen LogP contribution < -0.4 is 10.1 Å². The van der Waals surface area contributed by atoms with Crippen LogP contribution in [0.1, 0.15) is 59.7 Å². The second-order valence-corrected chi connectivity index (χ2v) is 9.44. The zero-order valence-corrected chi connectivity index (χ0v) is 20.0. The number of ether oxygens (including phenoxy) is 1. The van der Waals surface area contributed by atoms with Crippen LogP contribution in [0.5, 0.6) is 5.75 Å². The van der Waals surface area contributed by atoms with E-state index < -0.39 is 0 Å². The fourth-order valence-electron chi connectivity index (χ4n) is 5.03. The maximum Gasteiger partial charge on any atom is 0.223 e. The molecule has 3 rings (SSSR count). The summed E-state index contributed by atoms with van der Waals surface area (Å²) < 4.78 is 5.33. The van der Waals surface area contributed by atoms with Gasteiger partial charge in [0.2, 0.25) is 5.91 Å². The summed E-state index contributed by atoms with van der Waals surface area (Å²) in [5.74, 6) is 4.21. The molecule has 0 radical (unpaired) electrons. The number of rotatable bonds is 9. The highest BCUT2D eigenvalue weighted by atomic mass is 16.5. The van der Waals surface area contributed by atoms with Crippen LogP contribution in [0, 0.1) is 29.6 Å². The third-order valence-corrected chi connectivity index (χ3v) is 7.13. The minimum atomic E-state index is 0.130. The number of nitrogens with zero attached hydrogens (tertiary/aromatic N) is 1. The summed E-state index contributed by atoms with van der Waals surface area (Å²) in [6.07, 6.45) is 6.26. The van der Waals surface area contributed by atoms with Crippen LogP contribution in [0.25, 0.3) is 11.0 Å². The highest BCUT2D eigenvalue weighted by Crippen LogP contribution is 2.38. The zero-order chi connectivity index (χ0) is 22.5. The molecule has 3 unspecified atom stereocenters. The van der Waals surface area contributed by atoms with Gasteiger partial charge in [0.25, 0.3) is 0 Å². The molecule has 31 heavy (non-hydrogen) atoms. The standard InChI is InChI=1S/C26H39N3O2/c1-7-18(8-2)26(30)27-15-20-11-17(5)19(12-22(20)16(3)4)13-25-28-23-10-9-21(31-6)14-24(23)29-25/h9-11,14,16,18-20,22H,7-8,12-13,15H2,1-6H3,(H,27,30)(H,28,29). The smallest absolute Gasteiger partial charge is 0.223 e. The maximum atomic E-state index is 12.5. The molecule has 0 spiro atoms. The number of hydrogen-bond acceptors (Lipinski definition) is 3. The van der Waals surface area contributed by atoms with Crippen molar-refractivity contribution in [1.29, 1.82) is 0 Å². The van der Waals surface area contributed by atoms with E-state index in [4.69, 9.17) is 9.72 Å². The first-order valence-corrected chi connectivity index (χ1v) is 11.8. The second kappa shape index (κ2) is 10.3. The quantitative estimate of drug-likeness (QED) is 0.520. The van der Waals surface area contributed by atoms with E-state index in [-0.39, 0.29) is 11.8 Å². The topological polar surface area (TPSA) is 67.0 Å². The Labute approximate surface area is 187 Å². The van der Waals surface area contributed by atoms with Crippen molar-refractivity contribution in [2.24, 2.45) is 29.6 Å². The van der Waals surface area contributed by atoms with Crippen LogP contribution in [-0.2, 0) is 11.2 Å². The molecule has 2 aromatic rings. The van der Waals surface area contributed by atoms with Crippen molar-refractivity contribution in [2.75, 3.05) is 13.7 Å². The molecule has 2 N–H and O–H groups in total. The maximum absolute atomic E-state index is 12.5. The van der Waals surface area contributed by atoms with Crippen LogP contribution >= 0.6 is 0 Å². The lowest BCUT2D eigenvalue weighted by molar-refractivity contribution is -0.125. The van der Waals surface area contributed by atoms with E-state index in [0.717, 1.165) is 54.8 Å². The van der Waals surface area contributed by atoms with E-state index in [9.17, 15) is 4.79 Å². The molecule has 1 aromatic heterocycles. The number of carbonyl (C=O) groups is 1. The zero-order valence-electron chi connectivity index (χ0n) is 20.0. The van der Waals surface area contributed by atoms with E-state index in [0.29, 0.717) is 23.7 Å². The highest BCUT2D eigenvalue weighted by molar-refractivity contribution is 5.78. The fraction of sp³-hybridized carbons (Fsp3) is 0.615. The van der Waals surface area contributed by atoms with Crippen LogP contribution in [0.3, 0.4) is 0 Å². The summed E-state index contributed by atoms with van der Waals surface area (Å²) in [5, 5.41) is 3.24. The highest BCUT2D eigenvalue weighted by Gasteiger charge is 2.32. The number of H-pyrrole nitrogens is 1. The van der Waals surface area contributed by atoms with Gasteiger partial charge in [-0.15, -0.1) is 0 Å². The van der Waals surface area contributed by atoms with Gasteiger partial charge in [0.15, 0.2) is 0 Å². The Bertz CT molecular complexity index is 911. The van der Waals surface area contributed by atoms with E-state index in [1.54, 1.807) is 7.11 Å². The molecule has 0 saturated heterocycles. The Morgan fingerprint density at radius 1 is 1.29 bits per heavy atom. The van der Waals surface area contributed by atoms with Crippen molar-refractivity contribution in [3.63, 3.8) is 0 Å². The number of fused-ring (bicyclic) bond motifs is 1. The lowest BCUT2D eigenvalue weighted by Gasteiger charge is -2.37. The second-order valence-electron chi connectivity index (χ2n) is 9.44. The Hall–Kier alpha value is -2.30. The minimum absolute atomic E-state index is 0.130. The molecule has 1 amide bonds. The molecular weight excluding hydrogens is 386 g/mol.